The Balaban J connectivity index is -0.000000480. The first-order chi connectivity index (χ1) is 10.7. The second-order valence-electron chi connectivity index (χ2n) is 4.61. The predicted octanol–water partition coefficient (Wildman–Crippen LogP) is 2.92. The summed E-state index contributed by atoms with van der Waals surface area (Å²) >= 11 is 0. The van der Waals surface area contributed by atoms with Crippen LogP contribution in [0.5, 0.6) is 0 Å². The van der Waals surface area contributed by atoms with Crippen LogP contribution in [-0.2, 0) is 14.2 Å². The van der Waals surface area contributed by atoms with Crippen LogP contribution in [0.4, 0.5) is 4.79 Å². The summed E-state index contributed by atoms with van der Waals surface area (Å²) < 4.78 is 15.6. The zero-order valence-corrected chi connectivity index (χ0v) is 15.1. The lowest BCUT2D eigenvalue weighted by Gasteiger charge is -2.11. The van der Waals surface area contributed by atoms with Crippen LogP contribution in [0.25, 0.3) is 0 Å². The molecule has 0 saturated heterocycles. The minimum atomic E-state index is -0.379. The maximum atomic E-state index is 11.3. The van der Waals surface area contributed by atoms with Crippen LogP contribution in [-0.4, -0.2) is 58.8 Å². The van der Waals surface area contributed by atoms with E-state index in [1.807, 2.05) is 13.8 Å². The SMILES string of the molecule is CC.CCNCCOCCOCCOC(=O)NCC(C)CC.[HH].[HH]. The van der Waals surface area contributed by atoms with Crippen LogP contribution in [0.3, 0.4) is 0 Å². The van der Waals surface area contributed by atoms with Crippen molar-refractivity contribution in [3.63, 3.8) is 0 Å². The fourth-order valence-electron chi connectivity index (χ4n) is 1.29. The molecule has 0 rings (SSSR count). The Morgan fingerprint density at radius 1 is 1.05 bits per heavy atom. The fraction of sp³-hybridized carbons (Fsp3) is 0.938. The van der Waals surface area contributed by atoms with Crippen molar-refractivity contribution in [1.29, 1.82) is 0 Å². The number of hydrogen-bond acceptors (Lipinski definition) is 5. The van der Waals surface area contributed by atoms with Gasteiger partial charge in [0.15, 0.2) is 0 Å². The Morgan fingerprint density at radius 2 is 1.64 bits per heavy atom. The summed E-state index contributed by atoms with van der Waals surface area (Å²) in [5.41, 5.74) is 0. The van der Waals surface area contributed by atoms with E-state index < -0.39 is 0 Å². The van der Waals surface area contributed by atoms with Crippen molar-refractivity contribution >= 4 is 6.09 Å². The number of ether oxygens (including phenoxy) is 3. The molecule has 0 saturated carbocycles. The number of amides is 1. The van der Waals surface area contributed by atoms with E-state index in [0.29, 0.717) is 38.9 Å². The molecule has 1 atom stereocenters. The van der Waals surface area contributed by atoms with E-state index >= 15 is 0 Å². The average molecular weight is 325 g/mol. The van der Waals surface area contributed by atoms with Gasteiger partial charge in [-0.1, -0.05) is 41.0 Å². The molecule has 0 spiro atoms. The first-order valence-electron chi connectivity index (χ1n) is 8.47. The molecule has 0 radical (unpaired) electrons. The highest BCUT2D eigenvalue weighted by molar-refractivity contribution is 5.67. The average Bonchev–Trinajstić information content (AvgIpc) is 2.56. The second kappa shape index (κ2) is 20.1. The number of carbonyl (C=O) groups excluding carboxylic acids is 1. The van der Waals surface area contributed by atoms with Crippen molar-refractivity contribution in [1.82, 2.24) is 10.6 Å². The van der Waals surface area contributed by atoms with Gasteiger partial charge in [0.1, 0.15) is 6.61 Å². The molecule has 0 heterocycles. The molecule has 0 aromatic carbocycles. The van der Waals surface area contributed by atoms with Gasteiger partial charge in [-0.3, -0.25) is 0 Å². The van der Waals surface area contributed by atoms with Gasteiger partial charge in [0, 0.05) is 15.9 Å². The molecular weight excluding hydrogens is 284 g/mol. The van der Waals surface area contributed by atoms with Crippen molar-refractivity contribution in [2.75, 3.05) is 52.7 Å². The Bertz CT molecular complexity index is 238. The first kappa shape index (κ1) is 23.4. The lowest BCUT2D eigenvalue weighted by Crippen LogP contribution is -2.29. The molecule has 0 bridgehead atoms. The summed E-state index contributed by atoms with van der Waals surface area (Å²) in [4.78, 5) is 11.3. The van der Waals surface area contributed by atoms with E-state index in [1.54, 1.807) is 0 Å². The summed E-state index contributed by atoms with van der Waals surface area (Å²) in [7, 11) is 0. The van der Waals surface area contributed by atoms with Gasteiger partial charge in [0.25, 0.3) is 0 Å². The molecule has 2 N–H and O–H groups in total. The zero-order valence-electron chi connectivity index (χ0n) is 15.1. The van der Waals surface area contributed by atoms with Crippen LogP contribution in [0.15, 0.2) is 0 Å². The smallest absolute Gasteiger partial charge is 0.407 e. The maximum absolute atomic E-state index is 11.3. The molecule has 0 aromatic rings. The van der Waals surface area contributed by atoms with Crippen LogP contribution in [0.2, 0.25) is 0 Å². The Hall–Kier alpha value is -0.850. The Labute approximate surface area is 139 Å². The molecule has 6 heteroatoms. The Morgan fingerprint density at radius 3 is 2.23 bits per heavy atom. The Kier molecular flexibility index (Phi) is 21.4. The van der Waals surface area contributed by atoms with Gasteiger partial charge in [0.05, 0.1) is 26.4 Å². The maximum Gasteiger partial charge on any atom is 0.407 e. The lowest BCUT2D eigenvalue weighted by molar-refractivity contribution is 0.0288. The van der Waals surface area contributed by atoms with E-state index in [4.69, 9.17) is 14.2 Å². The molecule has 6 nitrogen and oxygen atoms in total. The third-order valence-corrected chi connectivity index (χ3v) is 2.80. The van der Waals surface area contributed by atoms with Crippen molar-refractivity contribution in [2.24, 2.45) is 5.92 Å². The van der Waals surface area contributed by atoms with Gasteiger partial charge in [0.2, 0.25) is 0 Å². The van der Waals surface area contributed by atoms with Gasteiger partial charge in [-0.25, -0.2) is 4.79 Å². The first-order valence-corrected chi connectivity index (χ1v) is 8.47. The third-order valence-electron chi connectivity index (χ3n) is 2.80. The largest absolute Gasteiger partial charge is 0.447 e. The molecule has 0 aliphatic rings. The summed E-state index contributed by atoms with van der Waals surface area (Å²) in [6.07, 6.45) is 0.660. The molecule has 0 aliphatic heterocycles. The van der Waals surface area contributed by atoms with Gasteiger partial charge in [-0.15, -0.1) is 0 Å². The molecule has 1 unspecified atom stereocenters. The normalized spacial score (nSPS) is 11.3. The quantitative estimate of drug-likeness (QED) is 0.510. The minimum Gasteiger partial charge on any atom is -0.447 e. The molecule has 138 valence electrons. The van der Waals surface area contributed by atoms with Crippen LogP contribution in [0.1, 0.15) is 43.9 Å². The molecule has 1 amide bonds. The minimum absolute atomic E-state index is 0. The van der Waals surface area contributed by atoms with Crippen LogP contribution in [0, 0.1) is 5.92 Å². The molecule has 0 aromatic heterocycles. The van der Waals surface area contributed by atoms with E-state index in [0.717, 1.165) is 19.5 Å². The van der Waals surface area contributed by atoms with Gasteiger partial charge in [-0.2, -0.15) is 0 Å². The van der Waals surface area contributed by atoms with Crippen molar-refractivity contribution < 1.29 is 21.9 Å². The van der Waals surface area contributed by atoms with Crippen molar-refractivity contribution in [2.45, 2.75) is 41.0 Å². The van der Waals surface area contributed by atoms with Crippen molar-refractivity contribution in [3.05, 3.63) is 0 Å². The summed E-state index contributed by atoms with van der Waals surface area (Å²) in [5, 5.41) is 5.88. The van der Waals surface area contributed by atoms with Gasteiger partial charge in [-0.05, 0) is 12.5 Å². The number of likely N-dealkylation sites (N-methyl/N-ethyl adjacent to an activating group) is 1. The molecule has 0 aliphatic carbocycles. The van der Waals surface area contributed by atoms with E-state index in [-0.39, 0.29) is 15.6 Å². The van der Waals surface area contributed by atoms with Gasteiger partial charge >= 0.3 is 6.09 Å². The third kappa shape index (κ3) is 19.1. The van der Waals surface area contributed by atoms with Crippen molar-refractivity contribution in [3.8, 4) is 0 Å². The van der Waals surface area contributed by atoms with E-state index in [2.05, 4.69) is 31.4 Å². The predicted molar refractivity (Wildman–Crippen MR) is 94.6 cm³/mol. The van der Waals surface area contributed by atoms with E-state index in [9.17, 15) is 4.79 Å². The highest BCUT2D eigenvalue weighted by Gasteiger charge is 2.04. The highest BCUT2D eigenvalue weighted by Crippen LogP contribution is 1.97. The number of hydrogen-bond donors (Lipinski definition) is 2. The number of nitrogens with one attached hydrogen (secondary N) is 2. The number of carbonyl (C=O) groups is 1. The van der Waals surface area contributed by atoms with E-state index in [1.165, 1.54) is 0 Å². The summed E-state index contributed by atoms with van der Waals surface area (Å²) in [5.74, 6) is 0.471. The highest BCUT2D eigenvalue weighted by atomic mass is 16.6. The summed E-state index contributed by atoms with van der Waals surface area (Å²) in [6, 6.07) is 0. The number of alkyl carbamates (subject to hydrolysis) is 1. The molecule has 0 fully saturated rings. The van der Waals surface area contributed by atoms with Crippen LogP contribution < -0.4 is 10.6 Å². The second-order valence-corrected chi connectivity index (χ2v) is 4.61. The standard InChI is InChI=1S/C14H30N2O4.C2H6.2H2/c1-4-13(3)12-16-14(17)20-11-10-19-9-8-18-7-6-15-5-2;1-2;;/h13,15H,4-12H2,1-3H3,(H,16,17);1-2H3;2*1H. The lowest BCUT2D eigenvalue weighted by atomic mass is 10.1. The monoisotopic (exact) mass is 324 g/mol. The fourth-order valence-corrected chi connectivity index (χ4v) is 1.29. The number of rotatable bonds is 13. The molecule has 22 heavy (non-hydrogen) atoms. The molecular formula is C16H40N2O4. The zero-order chi connectivity index (χ0) is 17.1. The van der Waals surface area contributed by atoms with Crippen LogP contribution >= 0.6 is 0 Å². The topological polar surface area (TPSA) is 68.8 Å². The van der Waals surface area contributed by atoms with Gasteiger partial charge < -0.3 is 24.8 Å². The summed E-state index contributed by atoms with van der Waals surface area (Å²) in [6.45, 7) is 15.1.